The molecule has 0 aliphatic carbocycles. The third kappa shape index (κ3) is 7.11. The van der Waals surface area contributed by atoms with E-state index in [1.54, 1.807) is 6.92 Å². The zero-order chi connectivity index (χ0) is 18.2. The van der Waals surface area contributed by atoms with E-state index in [9.17, 15) is 8.42 Å². The Balaban J connectivity index is 2.56. The van der Waals surface area contributed by atoms with E-state index >= 15 is 0 Å². The molecule has 24 heavy (non-hydrogen) atoms. The van der Waals surface area contributed by atoms with E-state index in [1.165, 1.54) is 0 Å². The predicted octanol–water partition coefficient (Wildman–Crippen LogP) is 1.41. The normalized spacial score (nSPS) is 12.5. The molecule has 0 spiro atoms. The maximum Gasteiger partial charge on any atom is 0.211 e. The summed E-state index contributed by atoms with van der Waals surface area (Å²) in [5.41, 5.74) is 1.09. The fourth-order valence-corrected chi connectivity index (χ4v) is 3.04. The summed E-state index contributed by atoms with van der Waals surface area (Å²) in [5.74, 6) is 0.883. The molecule has 1 aromatic heterocycles. The van der Waals surface area contributed by atoms with Gasteiger partial charge in [-0.05, 0) is 26.3 Å². The molecule has 1 heterocycles. The third-order valence-electron chi connectivity index (χ3n) is 3.47. The molecule has 9 heteroatoms. The van der Waals surface area contributed by atoms with E-state index < -0.39 is 10.0 Å². The summed E-state index contributed by atoms with van der Waals surface area (Å²) in [6, 6.07) is 1.93. The Morgan fingerprint density at radius 3 is 2.67 bits per heavy atom. The zero-order valence-corrected chi connectivity index (χ0v) is 16.4. The van der Waals surface area contributed by atoms with E-state index in [0.29, 0.717) is 31.1 Å². The van der Waals surface area contributed by atoms with Crippen LogP contribution in [0.5, 0.6) is 0 Å². The van der Waals surface area contributed by atoms with Gasteiger partial charge in [0.05, 0.1) is 17.3 Å². The highest BCUT2D eigenvalue weighted by molar-refractivity contribution is 7.89. The smallest absolute Gasteiger partial charge is 0.211 e. The number of rotatable bonds is 9. The van der Waals surface area contributed by atoms with E-state index in [4.69, 9.17) is 11.6 Å². The Morgan fingerprint density at radius 2 is 2.12 bits per heavy atom. The largest absolute Gasteiger partial charge is 0.357 e. The molecule has 7 nitrogen and oxygen atoms in total. The third-order valence-corrected chi connectivity index (χ3v) is 5.08. The van der Waals surface area contributed by atoms with Crippen molar-refractivity contribution in [2.24, 2.45) is 12.0 Å². The number of guanidine groups is 1. The van der Waals surface area contributed by atoms with Gasteiger partial charge in [0, 0.05) is 45.6 Å². The minimum absolute atomic E-state index is 0.0981. The summed E-state index contributed by atoms with van der Waals surface area (Å²) in [4.78, 5) is 6.57. The Morgan fingerprint density at radius 1 is 1.42 bits per heavy atom. The minimum atomic E-state index is -3.13. The van der Waals surface area contributed by atoms with Crippen LogP contribution in [0.15, 0.2) is 17.3 Å². The van der Waals surface area contributed by atoms with Crippen molar-refractivity contribution in [3.8, 4) is 0 Å². The lowest BCUT2D eigenvalue weighted by molar-refractivity contribution is 0.461. The molecule has 0 amide bonds. The van der Waals surface area contributed by atoms with Gasteiger partial charge in [-0.3, -0.25) is 4.99 Å². The standard InChI is InChI=1S/C15H28ClN5O2S/c1-5-17-15(18-8-7-9-19-24(22,23)6-2)21(4)12-14-10-13(16)11-20(14)3/h10-11,19H,5-9,12H2,1-4H3,(H,17,18). The van der Waals surface area contributed by atoms with Crippen molar-refractivity contribution in [3.63, 3.8) is 0 Å². The number of hydrogen-bond donors (Lipinski definition) is 2. The first-order valence-electron chi connectivity index (χ1n) is 8.06. The predicted molar refractivity (Wildman–Crippen MR) is 99.9 cm³/mol. The number of hydrogen-bond acceptors (Lipinski definition) is 3. The van der Waals surface area contributed by atoms with Crippen LogP contribution in [0, 0.1) is 0 Å². The van der Waals surface area contributed by atoms with Gasteiger partial charge in [0.1, 0.15) is 0 Å². The lowest BCUT2D eigenvalue weighted by atomic mass is 10.4. The van der Waals surface area contributed by atoms with Crippen molar-refractivity contribution in [2.75, 3.05) is 32.4 Å². The highest BCUT2D eigenvalue weighted by Crippen LogP contribution is 2.14. The summed E-state index contributed by atoms with van der Waals surface area (Å²) in [6.45, 7) is 6.02. The fourth-order valence-electron chi connectivity index (χ4n) is 2.10. The molecule has 0 aliphatic heterocycles. The SMILES string of the molecule is CCNC(=NCCCNS(=O)(=O)CC)N(C)Cc1cc(Cl)cn1C. The summed E-state index contributed by atoms with van der Waals surface area (Å²) in [7, 11) is 0.788. The average Bonchev–Trinajstić information content (AvgIpc) is 2.83. The average molecular weight is 378 g/mol. The van der Waals surface area contributed by atoms with Crippen molar-refractivity contribution < 1.29 is 8.42 Å². The summed E-state index contributed by atoms with van der Waals surface area (Å²) in [6.07, 6.45) is 2.52. The van der Waals surface area contributed by atoms with Crippen LogP contribution in [-0.4, -0.2) is 56.3 Å². The van der Waals surface area contributed by atoms with Crippen LogP contribution in [0.4, 0.5) is 0 Å². The Kier molecular flexibility index (Phi) is 8.58. The molecule has 0 atom stereocenters. The van der Waals surface area contributed by atoms with Gasteiger partial charge in [0.15, 0.2) is 5.96 Å². The second kappa shape index (κ2) is 9.90. The van der Waals surface area contributed by atoms with Crippen molar-refractivity contribution in [1.82, 2.24) is 19.5 Å². The van der Waals surface area contributed by atoms with Crippen LogP contribution < -0.4 is 10.0 Å². The molecule has 0 aromatic carbocycles. The topological polar surface area (TPSA) is 78.7 Å². The number of halogens is 1. The summed E-state index contributed by atoms with van der Waals surface area (Å²) >= 11 is 6.02. The molecule has 138 valence electrons. The van der Waals surface area contributed by atoms with E-state index in [-0.39, 0.29) is 5.75 Å². The van der Waals surface area contributed by atoms with Gasteiger partial charge in [0.25, 0.3) is 0 Å². The maximum absolute atomic E-state index is 11.4. The number of nitrogens with one attached hydrogen (secondary N) is 2. The van der Waals surface area contributed by atoms with Crippen molar-refractivity contribution >= 4 is 27.6 Å². The van der Waals surface area contributed by atoms with Gasteiger partial charge in [-0.25, -0.2) is 13.1 Å². The maximum atomic E-state index is 11.4. The molecular formula is C15H28ClN5O2S. The quantitative estimate of drug-likeness (QED) is 0.387. The number of nitrogens with zero attached hydrogens (tertiary/aromatic N) is 3. The molecule has 0 fully saturated rings. The first-order chi connectivity index (χ1) is 11.3. The van der Waals surface area contributed by atoms with E-state index in [1.807, 2.05) is 42.7 Å². The molecular weight excluding hydrogens is 350 g/mol. The molecule has 1 aromatic rings. The van der Waals surface area contributed by atoms with Crippen LogP contribution in [0.25, 0.3) is 0 Å². The van der Waals surface area contributed by atoms with Gasteiger partial charge in [0.2, 0.25) is 10.0 Å². The molecule has 2 N–H and O–H groups in total. The number of sulfonamides is 1. The Bertz CT molecular complexity index is 642. The van der Waals surface area contributed by atoms with Crippen molar-refractivity contribution in [2.45, 2.75) is 26.8 Å². The fraction of sp³-hybridized carbons (Fsp3) is 0.667. The summed E-state index contributed by atoms with van der Waals surface area (Å²) < 4.78 is 27.3. The first-order valence-corrected chi connectivity index (χ1v) is 10.1. The zero-order valence-electron chi connectivity index (χ0n) is 14.8. The molecule has 0 bridgehead atoms. The molecule has 0 radical (unpaired) electrons. The molecule has 0 saturated carbocycles. The van der Waals surface area contributed by atoms with Crippen LogP contribution in [0.2, 0.25) is 5.02 Å². The lowest BCUT2D eigenvalue weighted by Crippen LogP contribution is -2.39. The van der Waals surface area contributed by atoms with Crippen LogP contribution >= 0.6 is 11.6 Å². The highest BCUT2D eigenvalue weighted by atomic mass is 35.5. The van der Waals surface area contributed by atoms with Gasteiger partial charge in [-0.2, -0.15) is 0 Å². The molecule has 1 rings (SSSR count). The molecule has 0 saturated heterocycles. The van der Waals surface area contributed by atoms with Gasteiger partial charge in [-0.1, -0.05) is 11.6 Å². The monoisotopic (exact) mass is 377 g/mol. The van der Waals surface area contributed by atoms with Crippen molar-refractivity contribution in [1.29, 1.82) is 0 Å². The Hall–Kier alpha value is -1.25. The number of aliphatic imine (C=N–C) groups is 1. The van der Waals surface area contributed by atoms with Crippen LogP contribution in [0.1, 0.15) is 26.0 Å². The second-order valence-corrected chi connectivity index (χ2v) is 8.04. The second-order valence-electron chi connectivity index (χ2n) is 5.50. The van der Waals surface area contributed by atoms with Crippen molar-refractivity contribution in [3.05, 3.63) is 23.0 Å². The number of aryl methyl sites for hydroxylation is 1. The van der Waals surface area contributed by atoms with Crippen LogP contribution in [0.3, 0.4) is 0 Å². The van der Waals surface area contributed by atoms with Crippen LogP contribution in [-0.2, 0) is 23.6 Å². The summed E-state index contributed by atoms with van der Waals surface area (Å²) in [5, 5.41) is 3.96. The van der Waals surface area contributed by atoms with Gasteiger partial charge in [-0.15, -0.1) is 0 Å². The lowest BCUT2D eigenvalue weighted by Gasteiger charge is -2.22. The highest BCUT2D eigenvalue weighted by Gasteiger charge is 2.10. The van der Waals surface area contributed by atoms with E-state index in [0.717, 1.165) is 18.2 Å². The van der Waals surface area contributed by atoms with Gasteiger partial charge < -0.3 is 14.8 Å². The van der Waals surface area contributed by atoms with Gasteiger partial charge >= 0.3 is 0 Å². The molecule has 0 unspecified atom stereocenters. The van der Waals surface area contributed by atoms with E-state index in [2.05, 4.69) is 15.0 Å². The minimum Gasteiger partial charge on any atom is -0.357 e. The molecule has 0 aliphatic rings. The number of aromatic nitrogens is 1. The Labute approximate surface area is 150 Å². The first kappa shape index (κ1) is 20.8.